The Balaban J connectivity index is 5.29. The van der Waals surface area contributed by atoms with Crippen LogP contribution in [0.5, 0.6) is 0 Å². The summed E-state index contributed by atoms with van der Waals surface area (Å²) < 4.78 is 32.8. The Bertz CT molecular complexity index is 1350. The first-order valence-corrected chi connectivity index (χ1v) is 24.6. The Morgan fingerprint density at radius 2 is 1.28 bits per heavy atom. The molecule has 0 heterocycles. The van der Waals surface area contributed by atoms with Gasteiger partial charge in [0.1, 0.15) is 18.7 Å². The number of carbonyl (C=O) groups excluding carboxylic acids is 2. The lowest BCUT2D eigenvalue weighted by Gasteiger charge is -2.22. The Morgan fingerprint density at radius 1 is 0.689 bits per heavy atom. The number of aliphatic hydroxyl groups excluding tert-OH is 1. The van der Waals surface area contributed by atoms with Crippen molar-refractivity contribution in [2.24, 2.45) is 11.5 Å². The molecule has 6 atom stereocenters. The smallest absolute Gasteiger partial charge is 0.472 e. The van der Waals surface area contributed by atoms with E-state index in [2.05, 4.69) is 30.5 Å². The van der Waals surface area contributed by atoms with E-state index in [1.54, 1.807) is 18.2 Å². The number of phosphoric acid groups is 1. The van der Waals surface area contributed by atoms with Gasteiger partial charge in [0.15, 0.2) is 6.10 Å². The number of esters is 2. The number of rotatable bonds is 41. The summed E-state index contributed by atoms with van der Waals surface area (Å²) in [5.41, 5.74) is 11.5. The molecule has 0 fully saturated rings. The Hall–Kier alpha value is -2.82. The van der Waals surface area contributed by atoms with Crippen molar-refractivity contribution in [1.29, 1.82) is 0 Å². The summed E-state index contributed by atoms with van der Waals surface area (Å²) in [4.78, 5) is 57.8. The van der Waals surface area contributed by atoms with Crippen LogP contribution in [0.3, 0.4) is 0 Å². The van der Waals surface area contributed by atoms with Gasteiger partial charge in [0.25, 0.3) is 0 Å². The number of hydrogen-bond acceptors (Lipinski definition) is 13. The predicted molar refractivity (Wildman–Crippen MR) is 241 cm³/mol. The maximum Gasteiger partial charge on any atom is 0.472 e. The molecule has 8 N–H and O–H groups in total. The molecule has 0 aliphatic rings. The molecule has 0 aromatic carbocycles. The number of carboxylic acid groups (broad SMARTS) is 2. The second-order valence-electron chi connectivity index (χ2n) is 15.0. The number of allylic oxidation sites excluding steroid dienone is 7. The van der Waals surface area contributed by atoms with Gasteiger partial charge in [0.2, 0.25) is 0 Å². The Kier molecular flexibility index (Phi) is 37.0. The summed E-state index contributed by atoms with van der Waals surface area (Å²) in [6, 6.07) is -2.78. The summed E-state index contributed by atoms with van der Waals surface area (Å²) in [5, 5.41) is 28.3. The summed E-state index contributed by atoms with van der Waals surface area (Å²) >= 11 is 1.18. The molecule has 0 bridgehead atoms. The van der Waals surface area contributed by atoms with E-state index in [4.69, 9.17) is 35.7 Å². The highest BCUT2D eigenvalue weighted by Crippen LogP contribution is 2.43. The van der Waals surface area contributed by atoms with Gasteiger partial charge < -0.3 is 41.2 Å². The van der Waals surface area contributed by atoms with Crippen molar-refractivity contribution < 1.29 is 62.5 Å². The van der Waals surface area contributed by atoms with Crippen molar-refractivity contribution in [1.82, 2.24) is 0 Å². The van der Waals surface area contributed by atoms with Gasteiger partial charge in [0, 0.05) is 23.8 Å². The average Bonchev–Trinajstić information content (AvgIpc) is 3.22. The van der Waals surface area contributed by atoms with Gasteiger partial charge in [-0.3, -0.25) is 28.2 Å². The highest BCUT2D eigenvalue weighted by atomic mass is 32.2. The van der Waals surface area contributed by atoms with Crippen molar-refractivity contribution in [3.8, 4) is 0 Å². The van der Waals surface area contributed by atoms with E-state index in [0.717, 1.165) is 38.5 Å². The predicted octanol–water partition coefficient (Wildman–Crippen LogP) is 8.32. The molecule has 352 valence electrons. The molecule has 0 aromatic heterocycles. The minimum atomic E-state index is -4.85. The molecule has 0 aliphatic heterocycles. The maximum atomic E-state index is 13.0. The highest BCUT2D eigenvalue weighted by molar-refractivity contribution is 8.00. The Morgan fingerprint density at radius 3 is 1.90 bits per heavy atom. The first-order chi connectivity index (χ1) is 29.2. The van der Waals surface area contributed by atoms with Crippen LogP contribution in [0.25, 0.3) is 0 Å². The zero-order valence-corrected chi connectivity index (χ0v) is 38.4. The fourth-order valence-electron chi connectivity index (χ4n) is 5.68. The monoisotopic (exact) mass is 904 g/mol. The van der Waals surface area contributed by atoms with Gasteiger partial charge in [-0.2, -0.15) is 0 Å². The molecule has 1 unspecified atom stereocenters. The zero-order chi connectivity index (χ0) is 45.6. The molecule has 0 saturated carbocycles. The lowest BCUT2D eigenvalue weighted by atomic mass is 10.0. The second-order valence-corrected chi connectivity index (χ2v) is 17.7. The molecular weight excluding hydrogens is 828 g/mol. The number of phosphoric ester groups is 1. The van der Waals surface area contributed by atoms with Crippen LogP contribution in [0.2, 0.25) is 0 Å². The molecule has 0 aliphatic carbocycles. The fraction of sp³-hybridized carbons (Fsp3) is 0.727. The first kappa shape index (κ1) is 58.2. The number of hydrogen-bond donors (Lipinski definition) is 6. The van der Waals surface area contributed by atoms with Crippen LogP contribution in [0, 0.1) is 0 Å². The zero-order valence-electron chi connectivity index (χ0n) is 36.7. The van der Waals surface area contributed by atoms with E-state index in [0.29, 0.717) is 6.42 Å². The summed E-state index contributed by atoms with van der Waals surface area (Å²) in [6.07, 6.45) is 32.3. The lowest BCUT2D eigenvalue weighted by molar-refractivity contribution is -0.161. The van der Waals surface area contributed by atoms with Crippen LogP contribution in [0.1, 0.15) is 149 Å². The molecule has 0 amide bonds. The number of nitrogens with two attached hydrogens (primary N) is 2. The minimum Gasteiger partial charge on any atom is -0.481 e. The molecule has 0 radical (unpaired) electrons. The molecule has 0 saturated heterocycles. The third-order valence-electron chi connectivity index (χ3n) is 9.33. The lowest BCUT2D eigenvalue weighted by Crippen LogP contribution is -2.38. The number of thioether (sulfide) groups is 1. The van der Waals surface area contributed by atoms with E-state index in [-0.39, 0.29) is 31.4 Å². The number of aliphatic hydroxyl groups is 1. The second kappa shape index (κ2) is 38.8. The van der Waals surface area contributed by atoms with E-state index in [1.165, 1.54) is 76.0 Å². The Labute approximate surface area is 368 Å². The van der Waals surface area contributed by atoms with Crippen molar-refractivity contribution in [3.05, 3.63) is 48.6 Å². The van der Waals surface area contributed by atoms with E-state index < -0.39 is 81.1 Å². The largest absolute Gasteiger partial charge is 0.481 e. The highest BCUT2D eigenvalue weighted by Gasteiger charge is 2.29. The number of aliphatic carboxylic acids is 2. The first-order valence-electron chi connectivity index (χ1n) is 22.1. The van der Waals surface area contributed by atoms with E-state index in [1.807, 2.05) is 18.2 Å². The third-order valence-corrected chi connectivity index (χ3v) is 11.7. The molecule has 0 rings (SSSR count). The number of carboxylic acids is 2. The van der Waals surface area contributed by atoms with Crippen molar-refractivity contribution >= 4 is 43.5 Å². The van der Waals surface area contributed by atoms with Gasteiger partial charge >= 0.3 is 31.7 Å². The van der Waals surface area contributed by atoms with Crippen LogP contribution in [-0.2, 0) is 42.3 Å². The van der Waals surface area contributed by atoms with Crippen molar-refractivity contribution in [3.63, 3.8) is 0 Å². The molecular formula is C44H77N2O13PS. The molecule has 17 heteroatoms. The third kappa shape index (κ3) is 36.4. The molecule has 0 aromatic rings. The van der Waals surface area contributed by atoms with Gasteiger partial charge in [-0.25, -0.2) is 4.57 Å². The van der Waals surface area contributed by atoms with E-state index >= 15 is 0 Å². The van der Waals surface area contributed by atoms with Crippen LogP contribution in [-0.4, -0.2) is 99.2 Å². The number of unbranched alkanes of at least 4 members (excludes halogenated alkanes) is 14. The summed E-state index contributed by atoms with van der Waals surface area (Å²) in [6.45, 7) is 2.24. The van der Waals surface area contributed by atoms with Gasteiger partial charge in [-0.15, -0.1) is 11.8 Å². The average molecular weight is 905 g/mol. The van der Waals surface area contributed by atoms with Crippen LogP contribution in [0.15, 0.2) is 48.6 Å². The summed E-state index contributed by atoms with van der Waals surface area (Å²) in [5.74, 6) is -3.95. The molecule has 61 heavy (non-hydrogen) atoms. The van der Waals surface area contributed by atoms with Crippen molar-refractivity contribution in [2.75, 3.05) is 25.6 Å². The molecule has 0 spiro atoms. The van der Waals surface area contributed by atoms with Crippen molar-refractivity contribution in [2.45, 2.75) is 178 Å². The van der Waals surface area contributed by atoms with Crippen LogP contribution >= 0.6 is 19.6 Å². The fourth-order valence-corrected chi connectivity index (χ4v) is 7.59. The quantitative estimate of drug-likeness (QED) is 0.0111. The minimum absolute atomic E-state index is 0.00145. The SMILES string of the molecule is CCCCC/C=C\C\C=C/C=C/C=C/[C@@H](SC[C@H](N)C(=O)OC[C@H](COP(=O)(O)OC[C@H](N)C(=O)O)OC(=O)CCCCCCCCCCCCCC)[C@@H](O)CCCC(=O)O. The maximum absolute atomic E-state index is 13.0. The number of ether oxygens (including phenoxy) is 2. The van der Waals surface area contributed by atoms with Gasteiger partial charge in [-0.1, -0.05) is 146 Å². The number of carbonyl (C=O) groups is 4. The van der Waals surface area contributed by atoms with Gasteiger partial charge in [-0.05, 0) is 38.5 Å². The standard InChI is InChI=1S/C44H77N2O13PS/c1-3-5-7-9-11-13-15-17-19-21-23-25-29-40(39(47)28-27-30-41(48)49)61-35-38(46)44(53)56-32-36(33-57-60(54,55)58-34-37(45)43(51)52)59-42(50)31-26-24-22-20-18-16-14-12-10-8-6-4-2/h11,13,17,19,21,23,25,29,36-40,47H,3-10,12,14-16,18,20,22,24,26-28,30-35,45-46H2,1-2H3,(H,48,49)(H,51,52)(H,54,55)/b13-11-,19-17-,23-21+,29-25+/t36-,37+,38+,39+,40-/m1/s1. The van der Waals surface area contributed by atoms with Crippen LogP contribution < -0.4 is 11.5 Å². The van der Waals surface area contributed by atoms with E-state index in [9.17, 15) is 33.7 Å². The topological polar surface area (TPSA) is 255 Å². The van der Waals surface area contributed by atoms with Crippen LogP contribution in [0.4, 0.5) is 0 Å². The van der Waals surface area contributed by atoms with Gasteiger partial charge in [0.05, 0.1) is 19.3 Å². The molecule has 15 nitrogen and oxygen atoms in total. The summed E-state index contributed by atoms with van der Waals surface area (Å²) in [7, 11) is -4.85. The normalized spacial score (nSPS) is 15.6.